The van der Waals surface area contributed by atoms with Crippen molar-refractivity contribution in [3.05, 3.63) is 22.4 Å². The Morgan fingerprint density at radius 1 is 1.42 bits per heavy atom. The highest BCUT2D eigenvalue weighted by Crippen LogP contribution is 2.17. The van der Waals surface area contributed by atoms with E-state index in [1.165, 1.54) is 12.8 Å². The highest BCUT2D eigenvalue weighted by Gasteiger charge is 2.18. The Bertz CT molecular complexity index is 679. The molecule has 0 radical (unpaired) electrons. The molecule has 1 unspecified atom stereocenters. The number of nitrogens with zero attached hydrogens (tertiary/aromatic N) is 6. The lowest BCUT2D eigenvalue weighted by atomic mass is 9.99. The fourth-order valence-corrected chi connectivity index (χ4v) is 3.79. The molecule has 1 fully saturated rings. The molecule has 1 atom stereocenters. The molecule has 0 spiro atoms. The van der Waals surface area contributed by atoms with Crippen LogP contribution in [0.5, 0.6) is 0 Å². The van der Waals surface area contributed by atoms with E-state index < -0.39 is 0 Å². The van der Waals surface area contributed by atoms with Crippen molar-refractivity contribution in [2.75, 3.05) is 13.1 Å². The van der Waals surface area contributed by atoms with E-state index in [4.69, 9.17) is 0 Å². The quantitative estimate of drug-likeness (QED) is 0.757. The van der Waals surface area contributed by atoms with Crippen LogP contribution in [-0.2, 0) is 17.9 Å². The van der Waals surface area contributed by atoms with Crippen LogP contribution in [0.2, 0.25) is 0 Å². The predicted octanol–water partition coefficient (Wildman–Crippen LogP) is 2.02. The second-order valence-electron chi connectivity index (χ2n) is 7.04. The van der Waals surface area contributed by atoms with Crippen molar-refractivity contribution in [2.45, 2.75) is 58.7 Å². The highest BCUT2D eigenvalue weighted by atomic mass is 32.1. The standard InChI is InChI=1S/C17H27N7OS/c1-13-5-9-23(10-6-13)12-15-20-21-22-24(15)8-3-4-16(25)19-14(2)17-18-7-11-26-17/h7,11,13-14H,3-6,8-10,12H2,1-2H3,(H,19,25). The van der Waals surface area contributed by atoms with Gasteiger partial charge in [0.1, 0.15) is 5.01 Å². The van der Waals surface area contributed by atoms with Crippen molar-refractivity contribution in [3.8, 4) is 0 Å². The summed E-state index contributed by atoms with van der Waals surface area (Å²) in [5.74, 6) is 1.73. The van der Waals surface area contributed by atoms with Crippen LogP contribution in [0.1, 0.15) is 56.4 Å². The maximum Gasteiger partial charge on any atom is 0.220 e. The molecule has 8 nitrogen and oxygen atoms in total. The van der Waals surface area contributed by atoms with Crippen molar-refractivity contribution >= 4 is 17.2 Å². The van der Waals surface area contributed by atoms with Gasteiger partial charge in [-0.15, -0.1) is 16.4 Å². The first-order chi connectivity index (χ1) is 12.6. The Kier molecular flexibility index (Phi) is 6.67. The van der Waals surface area contributed by atoms with E-state index in [1.807, 2.05) is 17.0 Å². The first-order valence-corrected chi connectivity index (χ1v) is 10.2. The molecular weight excluding hydrogens is 350 g/mol. The molecule has 2 aromatic heterocycles. The van der Waals surface area contributed by atoms with E-state index in [0.717, 1.165) is 36.4 Å². The molecule has 1 aliphatic heterocycles. The zero-order valence-electron chi connectivity index (χ0n) is 15.5. The number of thiazole rings is 1. The van der Waals surface area contributed by atoms with Gasteiger partial charge in [-0.3, -0.25) is 9.69 Å². The second-order valence-corrected chi connectivity index (χ2v) is 7.97. The fourth-order valence-electron chi connectivity index (χ4n) is 3.14. The van der Waals surface area contributed by atoms with Gasteiger partial charge in [-0.1, -0.05) is 6.92 Å². The number of hydrogen-bond acceptors (Lipinski definition) is 7. The van der Waals surface area contributed by atoms with E-state index in [0.29, 0.717) is 19.4 Å². The second kappa shape index (κ2) is 9.18. The molecule has 3 rings (SSSR count). The Morgan fingerprint density at radius 3 is 2.96 bits per heavy atom. The molecule has 1 saturated heterocycles. The maximum atomic E-state index is 12.1. The summed E-state index contributed by atoms with van der Waals surface area (Å²) in [5, 5.41) is 17.9. The molecule has 0 bridgehead atoms. The highest BCUT2D eigenvalue weighted by molar-refractivity contribution is 7.09. The summed E-state index contributed by atoms with van der Waals surface area (Å²) < 4.78 is 1.83. The monoisotopic (exact) mass is 377 g/mol. The van der Waals surface area contributed by atoms with Gasteiger partial charge in [0, 0.05) is 24.5 Å². The van der Waals surface area contributed by atoms with E-state index >= 15 is 0 Å². The van der Waals surface area contributed by atoms with E-state index in [2.05, 4.69) is 37.6 Å². The van der Waals surface area contributed by atoms with E-state index in [1.54, 1.807) is 17.5 Å². The molecule has 26 heavy (non-hydrogen) atoms. The van der Waals surface area contributed by atoms with Gasteiger partial charge in [-0.25, -0.2) is 9.67 Å². The van der Waals surface area contributed by atoms with Crippen molar-refractivity contribution in [2.24, 2.45) is 5.92 Å². The lowest BCUT2D eigenvalue weighted by molar-refractivity contribution is -0.121. The number of carbonyl (C=O) groups is 1. The number of rotatable bonds is 8. The molecule has 1 amide bonds. The molecule has 0 aromatic carbocycles. The van der Waals surface area contributed by atoms with Gasteiger partial charge in [0.15, 0.2) is 5.82 Å². The fraction of sp³-hybridized carbons (Fsp3) is 0.706. The van der Waals surface area contributed by atoms with Crippen LogP contribution in [0.3, 0.4) is 0 Å². The molecular formula is C17H27N7OS. The summed E-state index contributed by atoms with van der Waals surface area (Å²) in [6.07, 6.45) is 5.39. The Balaban J connectivity index is 1.41. The topological polar surface area (TPSA) is 88.8 Å². The summed E-state index contributed by atoms with van der Waals surface area (Å²) in [6, 6.07) is -0.0485. The number of aromatic nitrogens is 5. The number of nitrogens with one attached hydrogen (secondary N) is 1. The SMILES string of the molecule is CC1CCN(Cc2nnnn2CCCC(=O)NC(C)c2nccs2)CC1. The minimum absolute atomic E-state index is 0.0346. The number of likely N-dealkylation sites (tertiary alicyclic amines) is 1. The predicted molar refractivity (Wildman–Crippen MR) is 99.4 cm³/mol. The van der Waals surface area contributed by atoms with Gasteiger partial charge in [0.05, 0.1) is 12.6 Å². The van der Waals surface area contributed by atoms with Gasteiger partial charge >= 0.3 is 0 Å². The first kappa shape index (κ1) is 18.9. The number of amides is 1. The van der Waals surface area contributed by atoms with Crippen LogP contribution in [-0.4, -0.2) is 49.1 Å². The van der Waals surface area contributed by atoms with Crippen LogP contribution in [0, 0.1) is 5.92 Å². The van der Waals surface area contributed by atoms with Gasteiger partial charge in [0.25, 0.3) is 0 Å². The summed E-state index contributed by atoms with van der Waals surface area (Å²) in [5.41, 5.74) is 0. The largest absolute Gasteiger partial charge is 0.347 e. The lowest BCUT2D eigenvalue weighted by Crippen LogP contribution is -2.33. The lowest BCUT2D eigenvalue weighted by Gasteiger charge is -2.29. The number of piperidine rings is 1. The third kappa shape index (κ3) is 5.31. The molecule has 142 valence electrons. The van der Waals surface area contributed by atoms with Gasteiger partial charge in [-0.2, -0.15) is 0 Å². The third-order valence-electron chi connectivity index (χ3n) is 4.82. The zero-order valence-corrected chi connectivity index (χ0v) is 16.3. The molecule has 9 heteroatoms. The molecule has 3 heterocycles. The molecule has 1 aliphatic rings. The summed E-state index contributed by atoms with van der Waals surface area (Å²) in [7, 11) is 0. The third-order valence-corrected chi connectivity index (χ3v) is 5.78. The first-order valence-electron chi connectivity index (χ1n) is 9.28. The van der Waals surface area contributed by atoms with Crippen molar-refractivity contribution in [1.29, 1.82) is 0 Å². The summed E-state index contributed by atoms with van der Waals surface area (Å²) in [4.78, 5) is 18.7. The summed E-state index contributed by atoms with van der Waals surface area (Å²) in [6.45, 7) is 7.91. The van der Waals surface area contributed by atoms with Crippen molar-refractivity contribution in [1.82, 2.24) is 35.4 Å². The van der Waals surface area contributed by atoms with Crippen molar-refractivity contribution in [3.63, 3.8) is 0 Å². The Labute approximate surface area is 158 Å². The smallest absolute Gasteiger partial charge is 0.220 e. The number of carbonyl (C=O) groups excluding carboxylic acids is 1. The van der Waals surface area contributed by atoms with Gasteiger partial charge in [-0.05, 0) is 55.6 Å². The average molecular weight is 378 g/mol. The van der Waals surface area contributed by atoms with E-state index in [-0.39, 0.29) is 11.9 Å². The van der Waals surface area contributed by atoms with Crippen LogP contribution >= 0.6 is 11.3 Å². The zero-order chi connectivity index (χ0) is 18.4. The van der Waals surface area contributed by atoms with Crippen molar-refractivity contribution < 1.29 is 4.79 Å². The van der Waals surface area contributed by atoms with Gasteiger partial charge < -0.3 is 5.32 Å². The van der Waals surface area contributed by atoms with Gasteiger partial charge in [0.2, 0.25) is 5.91 Å². The van der Waals surface area contributed by atoms with Crippen LogP contribution < -0.4 is 5.32 Å². The molecule has 0 saturated carbocycles. The minimum atomic E-state index is -0.0485. The molecule has 2 aromatic rings. The number of hydrogen-bond donors (Lipinski definition) is 1. The Hall–Kier alpha value is -1.87. The number of aryl methyl sites for hydroxylation is 1. The van der Waals surface area contributed by atoms with Crippen LogP contribution in [0.25, 0.3) is 0 Å². The Morgan fingerprint density at radius 2 is 2.23 bits per heavy atom. The van der Waals surface area contributed by atoms with E-state index in [9.17, 15) is 4.79 Å². The number of tetrazole rings is 1. The minimum Gasteiger partial charge on any atom is -0.347 e. The summed E-state index contributed by atoms with van der Waals surface area (Å²) >= 11 is 1.55. The molecule has 1 N–H and O–H groups in total. The maximum absolute atomic E-state index is 12.1. The average Bonchev–Trinajstić information content (AvgIpc) is 3.29. The molecule has 0 aliphatic carbocycles. The van der Waals surface area contributed by atoms with Crippen LogP contribution in [0.4, 0.5) is 0 Å². The van der Waals surface area contributed by atoms with Crippen LogP contribution in [0.15, 0.2) is 11.6 Å². The normalized spacial score (nSPS) is 17.3.